The maximum absolute atomic E-state index is 9.81. The van der Waals surface area contributed by atoms with Crippen molar-refractivity contribution in [2.45, 2.75) is 63.5 Å². The van der Waals surface area contributed by atoms with Crippen LogP contribution in [0.1, 0.15) is 55.7 Å². The second kappa shape index (κ2) is 8.84. The van der Waals surface area contributed by atoms with Crippen molar-refractivity contribution in [1.82, 2.24) is 20.3 Å². The SMILES string of the molecule is Cc1cc(Nc2ncc(C3CCNCC3)c(NC3CCC(O)CC3)n2)ccn1. The summed E-state index contributed by atoms with van der Waals surface area (Å²) in [5.41, 5.74) is 3.10. The summed E-state index contributed by atoms with van der Waals surface area (Å²) in [5, 5.41) is 20.2. The number of hydrogen-bond acceptors (Lipinski definition) is 7. The smallest absolute Gasteiger partial charge is 0.229 e. The van der Waals surface area contributed by atoms with E-state index in [4.69, 9.17) is 4.98 Å². The lowest BCUT2D eigenvalue weighted by Crippen LogP contribution is -2.30. The van der Waals surface area contributed by atoms with Crippen LogP contribution in [0.3, 0.4) is 0 Å². The van der Waals surface area contributed by atoms with E-state index in [0.29, 0.717) is 17.9 Å². The van der Waals surface area contributed by atoms with Gasteiger partial charge in [-0.2, -0.15) is 4.98 Å². The monoisotopic (exact) mass is 382 g/mol. The van der Waals surface area contributed by atoms with E-state index in [-0.39, 0.29) is 6.10 Å². The van der Waals surface area contributed by atoms with E-state index in [0.717, 1.165) is 68.8 Å². The number of aryl methyl sites for hydroxylation is 1. The first-order valence-electron chi connectivity index (χ1n) is 10.4. The molecular formula is C21H30N6O. The molecule has 0 unspecified atom stereocenters. The van der Waals surface area contributed by atoms with Crippen molar-refractivity contribution < 1.29 is 5.11 Å². The molecule has 2 aliphatic rings. The summed E-state index contributed by atoms with van der Waals surface area (Å²) >= 11 is 0. The van der Waals surface area contributed by atoms with Gasteiger partial charge in [-0.05, 0) is 76.6 Å². The topological polar surface area (TPSA) is 95.0 Å². The molecule has 0 atom stereocenters. The van der Waals surface area contributed by atoms with Crippen molar-refractivity contribution in [2.75, 3.05) is 23.7 Å². The fourth-order valence-corrected chi connectivity index (χ4v) is 4.16. The fourth-order valence-electron chi connectivity index (χ4n) is 4.16. The van der Waals surface area contributed by atoms with Gasteiger partial charge in [0.2, 0.25) is 5.95 Å². The van der Waals surface area contributed by atoms with Gasteiger partial charge in [-0.3, -0.25) is 4.98 Å². The normalized spacial score (nSPS) is 23.4. The number of nitrogens with zero attached hydrogens (tertiary/aromatic N) is 3. The van der Waals surface area contributed by atoms with E-state index in [1.807, 2.05) is 25.3 Å². The van der Waals surface area contributed by atoms with Crippen LogP contribution in [0.2, 0.25) is 0 Å². The summed E-state index contributed by atoms with van der Waals surface area (Å²) < 4.78 is 0. The molecule has 2 fully saturated rings. The predicted molar refractivity (Wildman–Crippen MR) is 111 cm³/mol. The van der Waals surface area contributed by atoms with Gasteiger partial charge in [0.05, 0.1) is 6.10 Å². The summed E-state index contributed by atoms with van der Waals surface area (Å²) in [6, 6.07) is 4.27. The predicted octanol–water partition coefficient (Wildman–Crippen LogP) is 3.11. The molecule has 1 saturated carbocycles. The zero-order valence-corrected chi connectivity index (χ0v) is 16.5. The molecule has 0 aromatic carbocycles. The number of nitrogens with one attached hydrogen (secondary N) is 3. The minimum atomic E-state index is -0.153. The van der Waals surface area contributed by atoms with Crippen LogP contribution >= 0.6 is 0 Å². The highest BCUT2D eigenvalue weighted by atomic mass is 16.3. The summed E-state index contributed by atoms with van der Waals surface area (Å²) in [6.07, 6.45) is 9.49. The minimum Gasteiger partial charge on any atom is -0.393 e. The van der Waals surface area contributed by atoms with Crippen LogP contribution < -0.4 is 16.0 Å². The Morgan fingerprint density at radius 2 is 1.86 bits per heavy atom. The van der Waals surface area contributed by atoms with Crippen molar-refractivity contribution >= 4 is 17.5 Å². The standard InChI is InChI=1S/C21H30N6O/c1-14-12-17(8-11-23-14)26-21-24-13-19(15-6-9-22-10-7-15)20(27-21)25-16-2-4-18(28)5-3-16/h8,11-13,15-16,18,22,28H,2-7,9-10H2,1H3,(H2,23,24,25,26,27). The van der Waals surface area contributed by atoms with Crippen LogP contribution in [-0.2, 0) is 0 Å². The van der Waals surface area contributed by atoms with Crippen molar-refractivity contribution in [3.63, 3.8) is 0 Å². The van der Waals surface area contributed by atoms with Crippen molar-refractivity contribution in [3.8, 4) is 0 Å². The van der Waals surface area contributed by atoms with Gasteiger partial charge in [-0.15, -0.1) is 0 Å². The lowest BCUT2D eigenvalue weighted by Gasteiger charge is -2.29. The third-order valence-electron chi connectivity index (χ3n) is 5.79. The fraction of sp³-hybridized carbons (Fsp3) is 0.571. The van der Waals surface area contributed by atoms with Gasteiger partial charge < -0.3 is 21.1 Å². The van der Waals surface area contributed by atoms with Crippen molar-refractivity contribution in [2.24, 2.45) is 0 Å². The number of aliphatic hydroxyl groups is 1. The Kier molecular flexibility index (Phi) is 6.02. The van der Waals surface area contributed by atoms with Gasteiger partial charge in [0, 0.05) is 35.4 Å². The quantitative estimate of drug-likeness (QED) is 0.631. The molecule has 3 heterocycles. The van der Waals surface area contributed by atoms with Gasteiger partial charge in [0.25, 0.3) is 0 Å². The molecule has 0 spiro atoms. The molecule has 0 bridgehead atoms. The van der Waals surface area contributed by atoms with Gasteiger partial charge in [0.1, 0.15) is 5.82 Å². The molecule has 1 aliphatic heterocycles. The van der Waals surface area contributed by atoms with Crippen LogP contribution in [0, 0.1) is 6.92 Å². The minimum absolute atomic E-state index is 0.153. The second-order valence-corrected chi connectivity index (χ2v) is 7.98. The van der Waals surface area contributed by atoms with E-state index in [2.05, 4.69) is 25.9 Å². The summed E-state index contributed by atoms with van der Waals surface area (Å²) in [5.74, 6) is 2.02. The molecular weight excluding hydrogens is 352 g/mol. The largest absolute Gasteiger partial charge is 0.393 e. The first kappa shape index (κ1) is 19.1. The van der Waals surface area contributed by atoms with E-state index in [9.17, 15) is 5.11 Å². The molecule has 0 radical (unpaired) electrons. The lowest BCUT2D eigenvalue weighted by molar-refractivity contribution is 0.126. The molecule has 2 aromatic heterocycles. The zero-order chi connectivity index (χ0) is 19.3. The summed E-state index contributed by atoms with van der Waals surface area (Å²) in [7, 11) is 0. The van der Waals surface area contributed by atoms with Crippen LogP contribution in [0.15, 0.2) is 24.5 Å². The summed E-state index contributed by atoms with van der Waals surface area (Å²) in [4.78, 5) is 13.7. The molecule has 7 nitrogen and oxygen atoms in total. The van der Waals surface area contributed by atoms with E-state index in [1.165, 1.54) is 5.56 Å². The third kappa shape index (κ3) is 4.77. The lowest BCUT2D eigenvalue weighted by atomic mass is 9.90. The van der Waals surface area contributed by atoms with Crippen LogP contribution in [0.5, 0.6) is 0 Å². The second-order valence-electron chi connectivity index (χ2n) is 7.98. The Morgan fingerprint density at radius 3 is 2.61 bits per heavy atom. The number of pyridine rings is 1. The average Bonchev–Trinajstić information content (AvgIpc) is 2.71. The van der Waals surface area contributed by atoms with E-state index < -0.39 is 0 Å². The number of aromatic nitrogens is 3. The van der Waals surface area contributed by atoms with Crippen LogP contribution in [-0.4, -0.2) is 45.3 Å². The van der Waals surface area contributed by atoms with Gasteiger partial charge >= 0.3 is 0 Å². The molecule has 2 aromatic rings. The highest BCUT2D eigenvalue weighted by Crippen LogP contribution is 2.32. The maximum Gasteiger partial charge on any atom is 0.229 e. The Balaban J connectivity index is 1.56. The van der Waals surface area contributed by atoms with Gasteiger partial charge in [-0.1, -0.05) is 0 Å². The Bertz CT molecular complexity index is 784. The van der Waals surface area contributed by atoms with Crippen molar-refractivity contribution in [1.29, 1.82) is 0 Å². The third-order valence-corrected chi connectivity index (χ3v) is 5.79. The highest BCUT2D eigenvalue weighted by Gasteiger charge is 2.24. The first-order valence-corrected chi connectivity index (χ1v) is 10.4. The highest BCUT2D eigenvalue weighted by molar-refractivity contribution is 5.57. The molecule has 4 N–H and O–H groups in total. The maximum atomic E-state index is 9.81. The van der Waals surface area contributed by atoms with Crippen LogP contribution in [0.25, 0.3) is 0 Å². The number of anilines is 3. The molecule has 7 heteroatoms. The van der Waals surface area contributed by atoms with Crippen molar-refractivity contribution in [3.05, 3.63) is 35.8 Å². The molecule has 150 valence electrons. The molecule has 4 rings (SSSR count). The van der Waals surface area contributed by atoms with E-state index in [1.54, 1.807) is 6.20 Å². The molecule has 1 aliphatic carbocycles. The summed E-state index contributed by atoms with van der Waals surface area (Å²) in [6.45, 7) is 4.04. The molecule has 28 heavy (non-hydrogen) atoms. The molecule has 0 amide bonds. The Hall–Kier alpha value is -2.25. The molecule has 1 saturated heterocycles. The first-order chi connectivity index (χ1) is 13.7. The van der Waals surface area contributed by atoms with E-state index >= 15 is 0 Å². The number of hydrogen-bond donors (Lipinski definition) is 4. The number of rotatable bonds is 5. The number of aliphatic hydroxyl groups excluding tert-OH is 1. The Morgan fingerprint density at radius 1 is 1.07 bits per heavy atom. The van der Waals surface area contributed by atoms with Gasteiger partial charge in [-0.25, -0.2) is 4.98 Å². The van der Waals surface area contributed by atoms with Gasteiger partial charge in [0.15, 0.2) is 0 Å². The zero-order valence-electron chi connectivity index (χ0n) is 16.5. The number of piperidine rings is 1. The van der Waals surface area contributed by atoms with Crippen LogP contribution in [0.4, 0.5) is 17.5 Å². The Labute approximate surface area is 166 Å². The average molecular weight is 383 g/mol.